The van der Waals surface area contributed by atoms with Crippen molar-refractivity contribution in [3.05, 3.63) is 59.2 Å². The predicted molar refractivity (Wildman–Crippen MR) is 105 cm³/mol. The first-order chi connectivity index (χ1) is 13.7. The summed E-state index contributed by atoms with van der Waals surface area (Å²) in [5, 5.41) is 0. The summed E-state index contributed by atoms with van der Waals surface area (Å²) < 4.78 is 64.5. The molecule has 29 heavy (non-hydrogen) atoms. The lowest BCUT2D eigenvalue weighted by molar-refractivity contribution is 0.133. The maximum atomic E-state index is 13.6. The lowest BCUT2D eigenvalue weighted by atomic mass is 10.0. The summed E-state index contributed by atoms with van der Waals surface area (Å²) in [4.78, 5) is 0. The number of sulfonamides is 1. The van der Waals surface area contributed by atoms with Gasteiger partial charge in [-0.3, -0.25) is 0 Å². The lowest BCUT2D eigenvalue weighted by Gasteiger charge is -2.17. The largest absolute Gasteiger partial charge is 0.483 e. The molecule has 0 atom stereocenters. The van der Waals surface area contributed by atoms with E-state index >= 15 is 0 Å². The number of nitrogens with one attached hydrogen (secondary N) is 1. The van der Waals surface area contributed by atoms with Crippen molar-refractivity contribution in [2.45, 2.75) is 31.6 Å². The summed E-state index contributed by atoms with van der Waals surface area (Å²) in [6, 6.07) is 8.33. The molecule has 3 rings (SSSR count). The van der Waals surface area contributed by atoms with Crippen molar-refractivity contribution in [1.82, 2.24) is 4.72 Å². The Bertz CT molecular complexity index is 1070. The number of hydrogen-bond donors (Lipinski definition) is 1. The number of hydrogen-bond acceptors (Lipinski definition) is 4. The van der Waals surface area contributed by atoms with Crippen LogP contribution in [-0.4, -0.2) is 27.2 Å². The van der Waals surface area contributed by atoms with Crippen molar-refractivity contribution in [3.8, 4) is 23.3 Å². The van der Waals surface area contributed by atoms with Gasteiger partial charge in [0.25, 0.3) is 0 Å². The predicted octanol–water partition coefficient (Wildman–Crippen LogP) is 3.18. The maximum Gasteiger partial charge on any atom is 0.216 e. The molecule has 5 nitrogen and oxygen atoms in total. The molecule has 0 saturated carbocycles. The van der Waals surface area contributed by atoms with Gasteiger partial charge in [-0.05, 0) is 38.1 Å². The minimum atomic E-state index is -3.85. The van der Waals surface area contributed by atoms with Crippen LogP contribution in [0.5, 0.6) is 11.5 Å². The zero-order valence-corrected chi connectivity index (χ0v) is 16.9. The van der Waals surface area contributed by atoms with Crippen LogP contribution >= 0.6 is 0 Å². The SMILES string of the molecule is CC1(C)Cc2cccc(OCC#CCNS(=O)(=O)Cc3cc(F)ccc3F)c2O1. The van der Waals surface area contributed by atoms with Crippen molar-refractivity contribution in [2.75, 3.05) is 13.2 Å². The van der Waals surface area contributed by atoms with Gasteiger partial charge in [-0.2, -0.15) is 0 Å². The van der Waals surface area contributed by atoms with Gasteiger partial charge in [0, 0.05) is 17.5 Å². The molecule has 0 spiro atoms. The quantitative estimate of drug-likeness (QED) is 0.728. The van der Waals surface area contributed by atoms with Crippen LogP contribution in [0.2, 0.25) is 0 Å². The number of ether oxygens (including phenoxy) is 2. The second-order valence-corrected chi connectivity index (χ2v) is 9.05. The van der Waals surface area contributed by atoms with Crippen molar-refractivity contribution < 1.29 is 26.7 Å². The molecule has 8 heteroatoms. The average molecular weight is 421 g/mol. The highest BCUT2D eigenvalue weighted by Gasteiger charge is 2.32. The summed E-state index contributed by atoms with van der Waals surface area (Å²) in [5.74, 6) is 4.49. The van der Waals surface area contributed by atoms with E-state index in [1.54, 1.807) is 6.07 Å². The molecule has 0 amide bonds. The van der Waals surface area contributed by atoms with Gasteiger partial charge in [0.15, 0.2) is 11.5 Å². The first-order valence-corrected chi connectivity index (χ1v) is 10.6. The number of para-hydroxylation sites is 1. The topological polar surface area (TPSA) is 64.6 Å². The average Bonchev–Trinajstić information content (AvgIpc) is 2.95. The van der Waals surface area contributed by atoms with E-state index in [-0.39, 0.29) is 24.3 Å². The first kappa shape index (κ1) is 21.1. The smallest absolute Gasteiger partial charge is 0.216 e. The van der Waals surface area contributed by atoms with Crippen LogP contribution in [0.3, 0.4) is 0 Å². The molecule has 1 N–H and O–H groups in total. The molecule has 0 unspecified atom stereocenters. The van der Waals surface area contributed by atoms with Crippen LogP contribution in [-0.2, 0) is 22.2 Å². The van der Waals surface area contributed by atoms with Gasteiger partial charge in [0.2, 0.25) is 10.0 Å². The number of rotatable bonds is 6. The van der Waals surface area contributed by atoms with E-state index in [2.05, 4.69) is 16.6 Å². The molecule has 154 valence electrons. The summed E-state index contributed by atoms with van der Waals surface area (Å²) in [6.45, 7) is 3.89. The van der Waals surface area contributed by atoms with E-state index in [1.807, 2.05) is 26.0 Å². The molecule has 0 aromatic heterocycles. The van der Waals surface area contributed by atoms with Crippen molar-refractivity contribution in [3.63, 3.8) is 0 Å². The van der Waals surface area contributed by atoms with Crippen LogP contribution in [0.25, 0.3) is 0 Å². The molecular formula is C21H21F2NO4S. The molecule has 0 fully saturated rings. The Morgan fingerprint density at radius 2 is 2.00 bits per heavy atom. The fourth-order valence-corrected chi connectivity index (χ4v) is 4.01. The zero-order chi connectivity index (χ0) is 21.1. The first-order valence-electron chi connectivity index (χ1n) is 8.96. The third kappa shape index (κ3) is 5.68. The van der Waals surface area contributed by atoms with E-state index in [4.69, 9.17) is 9.47 Å². The summed E-state index contributed by atoms with van der Waals surface area (Å²) in [5.41, 5.74) is 0.542. The fraction of sp³-hybridized carbons (Fsp3) is 0.333. The standard InChI is InChI=1S/C21H21F2NO4S/c1-21(2)13-15-6-5-7-19(20(15)28-21)27-11-4-3-10-24-29(25,26)14-16-12-17(22)8-9-18(16)23/h5-9,12,24H,10-11,13-14H2,1-2H3. The Kier molecular flexibility index (Phi) is 6.10. The summed E-state index contributed by atoms with van der Waals surface area (Å²) in [7, 11) is -3.85. The van der Waals surface area contributed by atoms with Crippen LogP contribution in [0.15, 0.2) is 36.4 Å². The summed E-state index contributed by atoms with van der Waals surface area (Å²) >= 11 is 0. The van der Waals surface area contributed by atoms with Crippen molar-refractivity contribution in [1.29, 1.82) is 0 Å². The van der Waals surface area contributed by atoms with Crippen LogP contribution in [0, 0.1) is 23.5 Å². The summed E-state index contributed by atoms with van der Waals surface area (Å²) in [6.07, 6.45) is 0.791. The van der Waals surface area contributed by atoms with Gasteiger partial charge in [0.05, 0.1) is 12.3 Å². The normalized spacial score (nSPS) is 14.5. The van der Waals surface area contributed by atoms with Crippen molar-refractivity contribution in [2.24, 2.45) is 0 Å². The number of halogens is 2. The Morgan fingerprint density at radius 1 is 1.21 bits per heavy atom. The Labute approximate surface area is 169 Å². The fourth-order valence-electron chi connectivity index (χ4n) is 2.98. The van der Waals surface area contributed by atoms with Gasteiger partial charge < -0.3 is 9.47 Å². The van der Waals surface area contributed by atoms with E-state index in [0.717, 1.165) is 30.2 Å². The number of benzene rings is 2. The molecule has 0 saturated heterocycles. The lowest BCUT2D eigenvalue weighted by Crippen LogP contribution is -2.26. The van der Waals surface area contributed by atoms with Crippen LogP contribution < -0.4 is 14.2 Å². The third-order valence-electron chi connectivity index (χ3n) is 4.21. The maximum absolute atomic E-state index is 13.6. The molecule has 2 aromatic rings. The second-order valence-electron chi connectivity index (χ2n) is 7.24. The van der Waals surface area contributed by atoms with E-state index in [9.17, 15) is 17.2 Å². The van der Waals surface area contributed by atoms with Crippen molar-refractivity contribution >= 4 is 10.0 Å². The van der Waals surface area contributed by atoms with Crippen LogP contribution in [0.4, 0.5) is 8.78 Å². The van der Waals surface area contributed by atoms with Gasteiger partial charge in [-0.25, -0.2) is 21.9 Å². The van der Waals surface area contributed by atoms with Gasteiger partial charge in [-0.15, -0.1) is 0 Å². The number of fused-ring (bicyclic) bond motifs is 1. The molecule has 0 bridgehead atoms. The Hall–Kier alpha value is -2.63. The Balaban J connectivity index is 1.50. The second kappa shape index (κ2) is 8.39. The van der Waals surface area contributed by atoms with Gasteiger partial charge >= 0.3 is 0 Å². The van der Waals surface area contributed by atoms with E-state index < -0.39 is 27.4 Å². The molecular weight excluding hydrogens is 400 g/mol. The minimum Gasteiger partial charge on any atom is -0.483 e. The molecule has 2 aromatic carbocycles. The van der Waals surface area contributed by atoms with Crippen LogP contribution in [0.1, 0.15) is 25.0 Å². The molecule has 1 heterocycles. The molecule has 0 radical (unpaired) electrons. The highest BCUT2D eigenvalue weighted by Crippen LogP contribution is 2.41. The molecule has 0 aliphatic carbocycles. The van der Waals surface area contributed by atoms with E-state index in [0.29, 0.717) is 11.5 Å². The highest BCUT2D eigenvalue weighted by molar-refractivity contribution is 7.88. The highest BCUT2D eigenvalue weighted by atomic mass is 32.2. The zero-order valence-electron chi connectivity index (χ0n) is 16.1. The Morgan fingerprint density at radius 3 is 2.79 bits per heavy atom. The van der Waals surface area contributed by atoms with Gasteiger partial charge in [0.1, 0.15) is 23.8 Å². The van der Waals surface area contributed by atoms with Gasteiger partial charge in [-0.1, -0.05) is 24.0 Å². The monoisotopic (exact) mass is 421 g/mol. The third-order valence-corrected chi connectivity index (χ3v) is 5.49. The van der Waals surface area contributed by atoms with E-state index in [1.165, 1.54) is 0 Å². The minimum absolute atomic E-state index is 0.0560. The molecule has 1 aliphatic heterocycles. The molecule has 1 aliphatic rings.